The predicted molar refractivity (Wildman–Crippen MR) is 97.3 cm³/mol. The molecule has 0 atom stereocenters. The van der Waals surface area contributed by atoms with Gasteiger partial charge in [0.2, 0.25) is 0 Å². The summed E-state index contributed by atoms with van der Waals surface area (Å²) < 4.78 is 11.8. The molecule has 0 spiro atoms. The highest BCUT2D eigenvalue weighted by Crippen LogP contribution is 2.32. The summed E-state index contributed by atoms with van der Waals surface area (Å²) in [7, 11) is 0. The number of hydrogen-bond acceptors (Lipinski definition) is 2. The molecule has 0 aliphatic rings. The first-order chi connectivity index (χ1) is 11.2. The Morgan fingerprint density at radius 1 is 0.913 bits per heavy atom. The number of benzene rings is 2. The van der Waals surface area contributed by atoms with Gasteiger partial charge in [-0.3, -0.25) is 0 Å². The van der Waals surface area contributed by atoms with E-state index >= 15 is 0 Å². The van der Waals surface area contributed by atoms with E-state index in [9.17, 15) is 0 Å². The van der Waals surface area contributed by atoms with Crippen molar-refractivity contribution in [3.05, 3.63) is 48.5 Å². The van der Waals surface area contributed by atoms with Crippen molar-refractivity contribution in [3.8, 4) is 22.6 Å². The predicted octanol–water partition coefficient (Wildman–Crippen LogP) is 6.10. The van der Waals surface area contributed by atoms with Crippen molar-refractivity contribution in [2.45, 2.75) is 52.6 Å². The zero-order valence-electron chi connectivity index (χ0n) is 14.5. The average molecular weight is 312 g/mol. The molecular formula is C21H28O2. The lowest BCUT2D eigenvalue weighted by Gasteiger charge is -2.15. The first kappa shape index (κ1) is 17.4. The van der Waals surface area contributed by atoms with Gasteiger partial charge in [0.1, 0.15) is 11.5 Å². The summed E-state index contributed by atoms with van der Waals surface area (Å²) in [4.78, 5) is 0. The van der Waals surface area contributed by atoms with E-state index in [-0.39, 0.29) is 6.10 Å². The maximum absolute atomic E-state index is 5.92. The third-order valence-corrected chi connectivity index (χ3v) is 3.66. The molecule has 0 radical (unpaired) electrons. The van der Waals surface area contributed by atoms with Gasteiger partial charge in [-0.05, 0) is 44.0 Å². The molecule has 0 fully saturated rings. The van der Waals surface area contributed by atoms with Crippen LogP contribution in [0, 0.1) is 0 Å². The van der Waals surface area contributed by atoms with Crippen molar-refractivity contribution in [2.75, 3.05) is 6.61 Å². The number of rotatable bonds is 9. The van der Waals surface area contributed by atoms with Crippen LogP contribution in [-0.4, -0.2) is 12.7 Å². The fourth-order valence-corrected chi connectivity index (χ4v) is 2.53. The minimum Gasteiger partial charge on any atom is -0.494 e. The lowest BCUT2D eigenvalue weighted by Crippen LogP contribution is -2.06. The molecule has 23 heavy (non-hydrogen) atoms. The maximum atomic E-state index is 5.92. The average Bonchev–Trinajstić information content (AvgIpc) is 2.55. The fraction of sp³-hybridized carbons (Fsp3) is 0.429. The van der Waals surface area contributed by atoms with Crippen LogP contribution < -0.4 is 9.47 Å². The molecule has 0 bridgehead atoms. The molecule has 2 heteroatoms. The first-order valence-electron chi connectivity index (χ1n) is 8.69. The van der Waals surface area contributed by atoms with Gasteiger partial charge in [0.15, 0.2) is 0 Å². The Bertz CT molecular complexity index is 590. The summed E-state index contributed by atoms with van der Waals surface area (Å²) in [5.74, 6) is 1.85. The monoisotopic (exact) mass is 312 g/mol. The minimum atomic E-state index is 0.161. The topological polar surface area (TPSA) is 18.5 Å². The molecule has 0 heterocycles. The second-order valence-electron chi connectivity index (χ2n) is 6.10. The van der Waals surface area contributed by atoms with Crippen LogP contribution in [0.25, 0.3) is 11.1 Å². The second kappa shape index (κ2) is 9.24. The Balaban J connectivity index is 2.07. The first-order valence-corrected chi connectivity index (χ1v) is 8.69. The van der Waals surface area contributed by atoms with E-state index in [1.165, 1.54) is 19.3 Å². The molecule has 0 aliphatic carbocycles. The maximum Gasteiger partial charge on any atom is 0.127 e. The molecule has 124 valence electrons. The highest BCUT2D eigenvalue weighted by Gasteiger charge is 2.08. The highest BCUT2D eigenvalue weighted by molar-refractivity contribution is 5.71. The number of hydrogen-bond donors (Lipinski definition) is 0. The van der Waals surface area contributed by atoms with Gasteiger partial charge < -0.3 is 9.47 Å². The molecule has 2 nitrogen and oxygen atoms in total. The standard InChI is InChI=1S/C21H28O2/c1-4-5-6-9-15-22-19-12-10-11-18(16-19)20-13-7-8-14-21(20)23-17(2)3/h7-8,10-14,16-17H,4-6,9,15H2,1-3H3. The molecule has 0 saturated carbocycles. The van der Waals surface area contributed by atoms with E-state index in [4.69, 9.17) is 9.47 Å². The van der Waals surface area contributed by atoms with Crippen molar-refractivity contribution >= 4 is 0 Å². The third-order valence-electron chi connectivity index (χ3n) is 3.66. The summed E-state index contributed by atoms with van der Waals surface area (Å²) in [5, 5.41) is 0. The van der Waals surface area contributed by atoms with Crippen LogP contribution in [0.15, 0.2) is 48.5 Å². The zero-order chi connectivity index (χ0) is 16.5. The van der Waals surface area contributed by atoms with Crippen LogP contribution in [0.5, 0.6) is 11.5 Å². The Morgan fingerprint density at radius 3 is 2.52 bits per heavy atom. The van der Waals surface area contributed by atoms with E-state index in [0.717, 1.165) is 35.7 Å². The Hall–Kier alpha value is -1.96. The molecule has 0 amide bonds. The largest absolute Gasteiger partial charge is 0.494 e. The highest BCUT2D eigenvalue weighted by atomic mass is 16.5. The molecule has 0 unspecified atom stereocenters. The van der Waals surface area contributed by atoms with Crippen molar-refractivity contribution in [1.29, 1.82) is 0 Å². The van der Waals surface area contributed by atoms with E-state index in [2.05, 4.69) is 25.1 Å². The van der Waals surface area contributed by atoms with Crippen LogP contribution in [0.1, 0.15) is 46.5 Å². The Morgan fingerprint density at radius 2 is 1.74 bits per heavy atom. The van der Waals surface area contributed by atoms with Gasteiger partial charge in [-0.15, -0.1) is 0 Å². The SMILES string of the molecule is CCCCCCOc1cccc(-c2ccccc2OC(C)C)c1. The number of unbranched alkanes of at least 4 members (excludes halogenated alkanes) is 3. The summed E-state index contributed by atoms with van der Waals surface area (Å²) in [6, 6.07) is 16.4. The van der Waals surface area contributed by atoms with Crippen molar-refractivity contribution in [2.24, 2.45) is 0 Å². The lowest BCUT2D eigenvalue weighted by molar-refractivity contribution is 0.243. The van der Waals surface area contributed by atoms with Gasteiger partial charge >= 0.3 is 0 Å². The van der Waals surface area contributed by atoms with Crippen LogP contribution in [0.4, 0.5) is 0 Å². The molecule has 2 rings (SSSR count). The van der Waals surface area contributed by atoms with Crippen LogP contribution in [0.3, 0.4) is 0 Å². The van der Waals surface area contributed by atoms with Gasteiger partial charge in [0.05, 0.1) is 12.7 Å². The van der Waals surface area contributed by atoms with Gasteiger partial charge in [-0.1, -0.05) is 56.5 Å². The summed E-state index contributed by atoms with van der Waals surface area (Å²) in [5.41, 5.74) is 2.24. The summed E-state index contributed by atoms with van der Waals surface area (Å²) in [6.07, 6.45) is 5.05. The van der Waals surface area contributed by atoms with E-state index in [0.29, 0.717) is 0 Å². The summed E-state index contributed by atoms with van der Waals surface area (Å²) >= 11 is 0. The van der Waals surface area contributed by atoms with Gasteiger partial charge in [0.25, 0.3) is 0 Å². The van der Waals surface area contributed by atoms with E-state index in [1.54, 1.807) is 0 Å². The second-order valence-corrected chi connectivity index (χ2v) is 6.10. The smallest absolute Gasteiger partial charge is 0.127 e. The number of para-hydroxylation sites is 1. The molecule has 2 aromatic carbocycles. The molecule has 0 aromatic heterocycles. The zero-order valence-corrected chi connectivity index (χ0v) is 14.5. The molecule has 0 N–H and O–H groups in total. The number of ether oxygens (including phenoxy) is 2. The van der Waals surface area contributed by atoms with Crippen molar-refractivity contribution < 1.29 is 9.47 Å². The van der Waals surface area contributed by atoms with Crippen LogP contribution in [0.2, 0.25) is 0 Å². The van der Waals surface area contributed by atoms with Crippen molar-refractivity contribution in [1.82, 2.24) is 0 Å². The summed E-state index contributed by atoms with van der Waals surface area (Å²) in [6.45, 7) is 7.10. The minimum absolute atomic E-state index is 0.161. The third kappa shape index (κ3) is 5.63. The normalized spacial score (nSPS) is 10.8. The molecule has 2 aromatic rings. The fourth-order valence-electron chi connectivity index (χ4n) is 2.53. The van der Waals surface area contributed by atoms with E-state index < -0.39 is 0 Å². The molecular weight excluding hydrogens is 284 g/mol. The van der Waals surface area contributed by atoms with Gasteiger partial charge in [-0.25, -0.2) is 0 Å². The Labute approximate surface area is 140 Å². The Kier molecular flexibility index (Phi) is 6.99. The quantitative estimate of drug-likeness (QED) is 0.521. The van der Waals surface area contributed by atoms with E-state index in [1.807, 2.05) is 44.2 Å². The molecule has 0 aliphatic heterocycles. The van der Waals surface area contributed by atoms with Gasteiger partial charge in [-0.2, -0.15) is 0 Å². The van der Waals surface area contributed by atoms with Crippen LogP contribution in [-0.2, 0) is 0 Å². The van der Waals surface area contributed by atoms with Crippen molar-refractivity contribution in [3.63, 3.8) is 0 Å². The lowest BCUT2D eigenvalue weighted by atomic mass is 10.0. The van der Waals surface area contributed by atoms with Gasteiger partial charge in [0, 0.05) is 5.56 Å². The molecule has 0 saturated heterocycles. The van der Waals surface area contributed by atoms with Crippen LogP contribution >= 0.6 is 0 Å².